The summed E-state index contributed by atoms with van der Waals surface area (Å²) in [6.07, 6.45) is 3.53. The second kappa shape index (κ2) is 7.25. The van der Waals surface area contributed by atoms with Gasteiger partial charge in [0, 0.05) is 17.0 Å². The Morgan fingerprint density at radius 3 is 2.80 bits per heavy atom. The van der Waals surface area contributed by atoms with E-state index in [2.05, 4.69) is 6.92 Å². The van der Waals surface area contributed by atoms with E-state index in [1.807, 2.05) is 38.1 Å². The van der Waals surface area contributed by atoms with Gasteiger partial charge in [-0.2, -0.15) is 0 Å². The first-order chi connectivity index (χ1) is 11.9. The fourth-order valence-electron chi connectivity index (χ4n) is 3.24. The molecule has 0 aliphatic carbocycles. The standard InChI is InChI=1S/C21H24ClFO2/c1-4-5-7-14-8-6-9-18(19(14)23)24-13-16-11-17(22)10-15-12-21(2,3)25-20(15)16/h6,8-11H,4-5,7,12-13H2,1-3H3. The van der Waals surface area contributed by atoms with Gasteiger partial charge < -0.3 is 9.47 Å². The van der Waals surface area contributed by atoms with E-state index in [4.69, 9.17) is 21.1 Å². The summed E-state index contributed by atoms with van der Waals surface area (Å²) in [6, 6.07) is 9.09. The summed E-state index contributed by atoms with van der Waals surface area (Å²) in [5.74, 6) is 0.826. The van der Waals surface area contributed by atoms with E-state index in [1.54, 1.807) is 6.07 Å². The summed E-state index contributed by atoms with van der Waals surface area (Å²) in [4.78, 5) is 0. The SMILES string of the molecule is CCCCc1cccc(OCc2cc(Cl)cc3c2OC(C)(C)C3)c1F. The van der Waals surface area contributed by atoms with Crippen molar-refractivity contribution in [3.8, 4) is 11.5 Å². The number of hydrogen-bond acceptors (Lipinski definition) is 2. The van der Waals surface area contributed by atoms with Crippen LogP contribution in [0, 0.1) is 5.82 Å². The van der Waals surface area contributed by atoms with Crippen molar-refractivity contribution < 1.29 is 13.9 Å². The third-order valence-corrected chi connectivity index (χ3v) is 4.65. The topological polar surface area (TPSA) is 18.5 Å². The number of hydrogen-bond donors (Lipinski definition) is 0. The molecule has 0 N–H and O–H groups in total. The molecule has 2 aromatic rings. The molecule has 0 fully saturated rings. The highest BCUT2D eigenvalue weighted by Gasteiger charge is 2.32. The lowest BCUT2D eigenvalue weighted by Gasteiger charge is -2.18. The van der Waals surface area contributed by atoms with Crippen molar-refractivity contribution >= 4 is 11.6 Å². The quantitative estimate of drug-likeness (QED) is 0.616. The van der Waals surface area contributed by atoms with Crippen molar-refractivity contribution in [3.63, 3.8) is 0 Å². The minimum Gasteiger partial charge on any atom is -0.487 e. The molecule has 0 radical (unpaired) electrons. The van der Waals surface area contributed by atoms with E-state index < -0.39 is 0 Å². The molecule has 4 heteroatoms. The van der Waals surface area contributed by atoms with Crippen LogP contribution < -0.4 is 9.47 Å². The van der Waals surface area contributed by atoms with Crippen LogP contribution in [0.25, 0.3) is 0 Å². The van der Waals surface area contributed by atoms with Crippen LogP contribution in [0.3, 0.4) is 0 Å². The molecular weight excluding hydrogens is 339 g/mol. The number of ether oxygens (including phenoxy) is 2. The predicted octanol–water partition coefficient (Wildman–Crippen LogP) is 6.11. The van der Waals surface area contributed by atoms with Gasteiger partial charge in [-0.25, -0.2) is 4.39 Å². The Labute approximate surface area is 153 Å². The molecule has 1 aliphatic heterocycles. The van der Waals surface area contributed by atoms with E-state index >= 15 is 0 Å². The van der Waals surface area contributed by atoms with E-state index in [1.165, 1.54) is 0 Å². The first kappa shape index (κ1) is 18.1. The van der Waals surface area contributed by atoms with Crippen molar-refractivity contribution in [1.82, 2.24) is 0 Å². The first-order valence-electron chi connectivity index (χ1n) is 8.80. The van der Waals surface area contributed by atoms with Crippen LogP contribution in [0.1, 0.15) is 50.3 Å². The summed E-state index contributed by atoms with van der Waals surface area (Å²) in [6.45, 7) is 6.41. The van der Waals surface area contributed by atoms with Gasteiger partial charge in [0.2, 0.25) is 0 Å². The molecule has 0 spiro atoms. The molecule has 0 amide bonds. The van der Waals surface area contributed by atoms with Gasteiger partial charge in [0.05, 0.1) is 0 Å². The van der Waals surface area contributed by atoms with E-state index in [-0.39, 0.29) is 23.8 Å². The Bertz CT molecular complexity index is 771. The summed E-state index contributed by atoms with van der Waals surface area (Å²) in [5, 5.41) is 0.649. The van der Waals surface area contributed by atoms with Crippen molar-refractivity contribution in [2.75, 3.05) is 0 Å². The van der Waals surface area contributed by atoms with E-state index in [0.717, 1.165) is 42.6 Å². The van der Waals surface area contributed by atoms with Gasteiger partial charge in [-0.3, -0.25) is 0 Å². The normalized spacial score (nSPS) is 14.9. The molecule has 0 atom stereocenters. The first-order valence-corrected chi connectivity index (χ1v) is 9.18. The highest BCUT2D eigenvalue weighted by atomic mass is 35.5. The Morgan fingerprint density at radius 2 is 2.04 bits per heavy atom. The number of unbranched alkanes of at least 4 members (excludes halogenated alkanes) is 1. The Morgan fingerprint density at radius 1 is 1.24 bits per heavy atom. The zero-order valence-corrected chi connectivity index (χ0v) is 15.8. The van der Waals surface area contributed by atoms with E-state index in [0.29, 0.717) is 10.6 Å². The van der Waals surface area contributed by atoms with Crippen LogP contribution in [-0.4, -0.2) is 5.60 Å². The minimum absolute atomic E-state index is 0.229. The van der Waals surface area contributed by atoms with Crippen LogP contribution in [0.4, 0.5) is 4.39 Å². The monoisotopic (exact) mass is 362 g/mol. The lowest BCUT2D eigenvalue weighted by atomic mass is 10.0. The summed E-state index contributed by atoms with van der Waals surface area (Å²) in [7, 11) is 0. The van der Waals surface area contributed by atoms with Crippen LogP contribution in [-0.2, 0) is 19.4 Å². The fourth-order valence-corrected chi connectivity index (χ4v) is 3.50. The molecule has 0 saturated heterocycles. The number of benzene rings is 2. The maximum atomic E-state index is 14.6. The van der Waals surface area contributed by atoms with Crippen LogP contribution in [0.2, 0.25) is 5.02 Å². The summed E-state index contributed by atoms with van der Waals surface area (Å²) >= 11 is 6.23. The van der Waals surface area contributed by atoms with Crippen molar-refractivity contribution in [2.45, 2.75) is 58.7 Å². The molecule has 0 bridgehead atoms. The molecular formula is C21H24ClFO2. The van der Waals surface area contributed by atoms with Gasteiger partial charge in [-0.15, -0.1) is 0 Å². The molecule has 0 unspecified atom stereocenters. The fraction of sp³-hybridized carbons (Fsp3) is 0.429. The lowest BCUT2D eigenvalue weighted by molar-refractivity contribution is 0.135. The van der Waals surface area contributed by atoms with Crippen LogP contribution >= 0.6 is 11.6 Å². The van der Waals surface area contributed by atoms with E-state index in [9.17, 15) is 4.39 Å². The number of halogens is 2. The zero-order valence-electron chi connectivity index (χ0n) is 15.0. The third-order valence-electron chi connectivity index (χ3n) is 4.43. The molecule has 25 heavy (non-hydrogen) atoms. The second-order valence-corrected chi connectivity index (χ2v) is 7.65. The largest absolute Gasteiger partial charge is 0.487 e. The Kier molecular flexibility index (Phi) is 5.24. The molecule has 134 valence electrons. The average Bonchev–Trinajstić information content (AvgIpc) is 2.86. The molecule has 1 heterocycles. The van der Waals surface area contributed by atoms with Crippen molar-refractivity contribution in [2.24, 2.45) is 0 Å². The number of rotatable bonds is 6. The van der Waals surface area contributed by atoms with Crippen LogP contribution in [0.5, 0.6) is 11.5 Å². The lowest BCUT2D eigenvalue weighted by Crippen LogP contribution is -2.25. The highest BCUT2D eigenvalue weighted by Crippen LogP contribution is 2.40. The van der Waals surface area contributed by atoms with Gasteiger partial charge in [0.15, 0.2) is 11.6 Å². The highest BCUT2D eigenvalue weighted by molar-refractivity contribution is 6.30. The third kappa shape index (κ3) is 4.09. The average molecular weight is 363 g/mol. The maximum absolute atomic E-state index is 14.6. The Balaban J connectivity index is 1.80. The van der Waals surface area contributed by atoms with Gasteiger partial charge in [-0.05, 0) is 56.0 Å². The van der Waals surface area contributed by atoms with Gasteiger partial charge in [-0.1, -0.05) is 37.1 Å². The maximum Gasteiger partial charge on any atom is 0.168 e. The molecule has 2 aromatic carbocycles. The number of aryl methyl sites for hydroxylation is 1. The smallest absolute Gasteiger partial charge is 0.168 e. The van der Waals surface area contributed by atoms with Crippen molar-refractivity contribution in [1.29, 1.82) is 0 Å². The molecule has 0 saturated carbocycles. The van der Waals surface area contributed by atoms with Gasteiger partial charge >= 0.3 is 0 Å². The molecule has 2 nitrogen and oxygen atoms in total. The van der Waals surface area contributed by atoms with Crippen molar-refractivity contribution in [3.05, 3.63) is 57.9 Å². The van der Waals surface area contributed by atoms with Gasteiger partial charge in [0.1, 0.15) is 18.0 Å². The molecule has 0 aromatic heterocycles. The zero-order chi connectivity index (χ0) is 18.0. The summed E-state index contributed by atoms with van der Waals surface area (Å²) in [5.41, 5.74) is 2.38. The van der Waals surface area contributed by atoms with Crippen LogP contribution in [0.15, 0.2) is 30.3 Å². The predicted molar refractivity (Wildman–Crippen MR) is 99.2 cm³/mol. The molecule has 3 rings (SSSR count). The second-order valence-electron chi connectivity index (χ2n) is 7.21. The minimum atomic E-state index is -0.268. The number of fused-ring (bicyclic) bond motifs is 1. The summed E-state index contributed by atoms with van der Waals surface area (Å²) < 4.78 is 26.4. The Hall–Kier alpha value is -1.74. The van der Waals surface area contributed by atoms with Gasteiger partial charge in [0.25, 0.3) is 0 Å². The molecule has 1 aliphatic rings.